The normalized spacial score (nSPS) is 31.7. The molecule has 0 aromatic rings. The number of rotatable bonds is 2. The highest BCUT2D eigenvalue weighted by Gasteiger charge is 2.57. The van der Waals surface area contributed by atoms with E-state index in [4.69, 9.17) is 0 Å². The minimum atomic E-state index is -2.10. The van der Waals surface area contributed by atoms with Crippen molar-refractivity contribution in [2.45, 2.75) is 17.3 Å². The molecule has 0 bridgehead atoms. The van der Waals surface area contributed by atoms with Crippen LogP contribution >= 0.6 is 11.8 Å². The standard InChI is InChI=1S/C9H9NO5S/c1-15-8(14)9(7(12)13)2-3-16-6-4-5(11)10(6)9/h2-3,6H,4H2,1H3,(H,12,13)/p-1/t6-,9?/m1/s1. The number of hydrogen-bond donors (Lipinski definition) is 0. The van der Waals surface area contributed by atoms with Crippen LogP contribution < -0.4 is 5.11 Å². The second kappa shape index (κ2) is 3.51. The summed E-state index contributed by atoms with van der Waals surface area (Å²) in [6.45, 7) is 0. The number of carbonyl (C=O) groups excluding carboxylic acids is 3. The summed E-state index contributed by atoms with van der Waals surface area (Å²) in [4.78, 5) is 35.1. The Morgan fingerprint density at radius 3 is 2.88 bits per heavy atom. The molecule has 7 heteroatoms. The Morgan fingerprint density at radius 1 is 1.69 bits per heavy atom. The van der Waals surface area contributed by atoms with Crippen LogP contribution in [0.2, 0.25) is 0 Å². The fourth-order valence-corrected chi connectivity index (χ4v) is 2.90. The average molecular weight is 242 g/mol. The third-order valence-corrected chi connectivity index (χ3v) is 3.62. The zero-order chi connectivity index (χ0) is 11.9. The van der Waals surface area contributed by atoms with Crippen LogP contribution in [0.3, 0.4) is 0 Å². The number of nitrogens with zero attached hydrogens (tertiary/aromatic N) is 1. The predicted octanol–water partition coefficient (Wildman–Crippen LogP) is -1.53. The molecule has 86 valence electrons. The summed E-state index contributed by atoms with van der Waals surface area (Å²) >= 11 is 1.29. The molecule has 2 aliphatic heterocycles. The maximum Gasteiger partial charge on any atom is 0.342 e. The van der Waals surface area contributed by atoms with Crippen molar-refractivity contribution in [1.82, 2.24) is 4.90 Å². The van der Waals surface area contributed by atoms with E-state index in [0.29, 0.717) is 0 Å². The van der Waals surface area contributed by atoms with E-state index < -0.39 is 23.4 Å². The Morgan fingerprint density at radius 2 is 2.38 bits per heavy atom. The molecular weight excluding hydrogens is 234 g/mol. The van der Waals surface area contributed by atoms with E-state index in [-0.39, 0.29) is 11.8 Å². The molecule has 1 fully saturated rings. The zero-order valence-corrected chi connectivity index (χ0v) is 9.15. The molecule has 2 aliphatic rings. The maximum absolute atomic E-state index is 11.6. The number of fused-ring (bicyclic) bond motifs is 1. The smallest absolute Gasteiger partial charge is 0.342 e. The van der Waals surface area contributed by atoms with Crippen LogP contribution in [0.5, 0.6) is 0 Å². The molecule has 1 amide bonds. The lowest BCUT2D eigenvalue weighted by molar-refractivity contribution is -0.316. The van der Waals surface area contributed by atoms with Crippen molar-refractivity contribution in [2.75, 3.05) is 7.11 Å². The Kier molecular flexibility index (Phi) is 2.42. The lowest BCUT2D eigenvalue weighted by Gasteiger charge is -2.51. The van der Waals surface area contributed by atoms with Crippen LogP contribution in [-0.2, 0) is 19.1 Å². The lowest BCUT2D eigenvalue weighted by atomic mass is 9.92. The van der Waals surface area contributed by atoms with Crippen molar-refractivity contribution in [3.63, 3.8) is 0 Å². The third kappa shape index (κ3) is 1.18. The second-order valence-electron chi connectivity index (χ2n) is 3.41. The van der Waals surface area contributed by atoms with Gasteiger partial charge in [-0.05, 0) is 11.5 Å². The molecule has 0 radical (unpaired) electrons. The highest BCUT2D eigenvalue weighted by atomic mass is 32.2. The van der Waals surface area contributed by atoms with Crippen LogP contribution in [0.15, 0.2) is 11.5 Å². The van der Waals surface area contributed by atoms with Gasteiger partial charge in [0, 0.05) is 0 Å². The van der Waals surface area contributed by atoms with Gasteiger partial charge in [-0.2, -0.15) is 0 Å². The predicted molar refractivity (Wildman–Crippen MR) is 51.7 cm³/mol. The highest BCUT2D eigenvalue weighted by molar-refractivity contribution is 8.02. The average Bonchev–Trinajstić information content (AvgIpc) is 2.25. The molecule has 2 heterocycles. The van der Waals surface area contributed by atoms with E-state index in [1.165, 1.54) is 17.2 Å². The van der Waals surface area contributed by atoms with E-state index >= 15 is 0 Å². The molecule has 0 saturated carbocycles. The molecule has 2 rings (SSSR count). The molecule has 0 N–H and O–H groups in total. The molecule has 0 aromatic carbocycles. The van der Waals surface area contributed by atoms with Crippen LogP contribution in [0, 0.1) is 0 Å². The van der Waals surface area contributed by atoms with Crippen molar-refractivity contribution < 1.29 is 24.2 Å². The van der Waals surface area contributed by atoms with E-state index in [9.17, 15) is 19.5 Å². The highest BCUT2D eigenvalue weighted by Crippen LogP contribution is 2.42. The molecule has 2 atom stereocenters. The van der Waals surface area contributed by atoms with Crippen LogP contribution in [0.25, 0.3) is 0 Å². The van der Waals surface area contributed by atoms with E-state index in [1.807, 2.05) is 0 Å². The van der Waals surface area contributed by atoms with E-state index in [0.717, 1.165) is 18.1 Å². The first-order valence-electron chi connectivity index (χ1n) is 4.49. The largest absolute Gasteiger partial charge is 0.547 e. The minimum absolute atomic E-state index is 0.223. The first-order chi connectivity index (χ1) is 7.54. The first kappa shape index (κ1) is 11.0. The third-order valence-electron chi connectivity index (χ3n) is 2.64. The van der Waals surface area contributed by atoms with Gasteiger partial charge in [0.2, 0.25) is 11.4 Å². The fourth-order valence-electron chi connectivity index (χ4n) is 1.80. The number of hydrogen-bond acceptors (Lipinski definition) is 6. The van der Waals surface area contributed by atoms with Crippen molar-refractivity contribution in [1.29, 1.82) is 0 Å². The molecule has 0 aromatic heterocycles. The summed E-state index contributed by atoms with van der Waals surface area (Å²) in [6.07, 6.45) is 1.35. The van der Waals surface area contributed by atoms with Gasteiger partial charge in [0.05, 0.1) is 24.9 Å². The molecule has 0 spiro atoms. The van der Waals surface area contributed by atoms with Gasteiger partial charge in [-0.15, -0.1) is 11.8 Å². The molecule has 6 nitrogen and oxygen atoms in total. The van der Waals surface area contributed by atoms with Crippen molar-refractivity contribution in [3.05, 3.63) is 11.5 Å². The molecule has 1 unspecified atom stereocenters. The number of carbonyl (C=O) groups is 3. The van der Waals surface area contributed by atoms with Gasteiger partial charge in [0.15, 0.2) is 0 Å². The summed E-state index contributed by atoms with van der Waals surface area (Å²) in [5.74, 6) is -3.05. The number of methoxy groups -OCH3 is 1. The maximum atomic E-state index is 11.6. The van der Waals surface area contributed by atoms with Gasteiger partial charge >= 0.3 is 5.97 Å². The fraction of sp³-hybridized carbons (Fsp3) is 0.444. The summed E-state index contributed by atoms with van der Waals surface area (Å²) < 4.78 is 4.44. The quantitative estimate of drug-likeness (QED) is 0.331. The number of aliphatic carboxylic acids is 1. The first-order valence-corrected chi connectivity index (χ1v) is 5.43. The van der Waals surface area contributed by atoms with E-state index in [2.05, 4.69) is 4.74 Å². The second-order valence-corrected chi connectivity index (χ2v) is 4.50. The summed E-state index contributed by atoms with van der Waals surface area (Å²) in [7, 11) is 1.07. The van der Waals surface area contributed by atoms with Crippen molar-refractivity contribution in [2.24, 2.45) is 0 Å². The number of thioether (sulfide) groups is 1. The van der Waals surface area contributed by atoms with Gasteiger partial charge in [-0.25, -0.2) is 4.79 Å². The molecular formula is C9H8NO5S-. The van der Waals surface area contributed by atoms with Crippen LogP contribution in [-0.4, -0.2) is 40.8 Å². The Bertz CT molecular complexity index is 407. The number of carboxylic acids is 1. The number of carboxylic acid groups (broad SMARTS) is 1. The van der Waals surface area contributed by atoms with Gasteiger partial charge in [-0.3, -0.25) is 4.79 Å². The number of amides is 1. The minimum Gasteiger partial charge on any atom is -0.547 e. The molecule has 1 saturated heterocycles. The summed E-state index contributed by atoms with van der Waals surface area (Å²) in [5.41, 5.74) is -2.10. The van der Waals surface area contributed by atoms with Crippen molar-refractivity contribution in [3.8, 4) is 0 Å². The van der Waals surface area contributed by atoms with Gasteiger partial charge < -0.3 is 19.5 Å². The SMILES string of the molecule is COC(=O)C1(C(=O)[O-])C=CS[C@@H]2CC(=O)N21. The van der Waals surface area contributed by atoms with Crippen LogP contribution in [0.1, 0.15) is 6.42 Å². The number of β-lactam (4-membered cyclic amide) rings is 1. The Balaban J connectivity index is 2.48. The monoisotopic (exact) mass is 242 g/mol. The topological polar surface area (TPSA) is 86.7 Å². The summed E-state index contributed by atoms with van der Waals surface area (Å²) in [5, 5.41) is 12.3. The molecule has 16 heavy (non-hydrogen) atoms. The van der Waals surface area contributed by atoms with Gasteiger partial charge in [0.25, 0.3) is 0 Å². The molecule has 0 aliphatic carbocycles. The van der Waals surface area contributed by atoms with Crippen molar-refractivity contribution >= 4 is 29.6 Å². The summed E-state index contributed by atoms with van der Waals surface area (Å²) in [6, 6.07) is 0. The Labute approximate surface area is 95.2 Å². The van der Waals surface area contributed by atoms with Gasteiger partial charge in [0.1, 0.15) is 0 Å². The van der Waals surface area contributed by atoms with Gasteiger partial charge in [-0.1, -0.05) is 0 Å². The van der Waals surface area contributed by atoms with Crippen LogP contribution in [0.4, 0.5) is 0 Å². The Hall–Kier alpha value is -1.50. The lowest BCUT2D eigenvalue weighted by Crippen LogP contribution is -2.73. The zero-order valence-electron chi connectivity index (χ0n) is 8.34. The number of esters is 1. The van der Waals surface area contributed by atoms with E-state index in [1.54, 1.807) is 0 Å². The number of ether oxygens (including phenoxy) is 1.